The van der Waals surface area contributed by atoms with Crippen molar-refractivity contribution in [2.75, 3.05) is 0 Å². The number of furan rings is 1. The normalized spacial score (nSPS) is 28.1. The molecule has 0 spiro atoms. The summed E-state index contributed by atoms with van der Waals surface area (Å²) in [5, 5.41) is 3.08. The summed E-state index contributed by atoms with van der Waals surface area (Å²) in [5.74, 6) is 2.07. The molecule has 1 aromatic rings. The van der Waals surface area contributed by atoms with Gasteiger partial charge in [-0.1, -0.05) is 26.7 Å². The van der Waals surface area contributed by atoms with Crippen molar-refractivity contribution < 1.29 is 9.21 Å². The predicted molar refractivity (Wildman–Crippen MR) is 70.0 cm³/mol. The van der Waals surface area contributed by atoms with Gasteiger partial charge in [-0.2, -0.15) is 0 Å². The first-order chi connectivity index (χ1) is 8.61. The monoisotopic (exact) mass is 250 g/mol. The van der Waals surface area contributed by atoms with Crippen LogP contribution in [-0.4, -0.2) is 11.9 Å². The second kappa shape index (κ2) is 5.57. The number of hydrogen-bond donors (Lipinski definition) is 2. The molecular formula is C14H22N2O2. The molecule has 1 fully saturated rings. The van der Waals surface area contributed by atoms with Crippen molar-refractivity contribution in [1.82, 2.24) is 5.32 Å². The van der Waals surface area contributed by atoms with Crippen LogP contribution < -0.4 is 11.1 Å². The fourth-order valence-corrected chi connectivity index (χ4v) is 2.63. The van der Waals surface area contributed by atoms with Gasteiger partial charge in [-0.3, -0.25) is 4.79 Å². The third-order valence-corrected chi connectivity index (χ3v) is 4.11. The number of nitrogens with two attached hydrogens (primary N) is 1. The van der Waals surface area contributed by atoms with Crippen molar-refractivity contribution in [2.24, 2.45) is 17.6 Å². The third-order valence-electron chi connectivity index (χ3n) is 4.11. The Kier molecular flexibility index (Phi) is 4.07. The van der Waals surface area contributed by atoms with E-state index in [9.17, 15) is 4.79 Å². The maximum atomic E-state index is 12.0. The maximum Gasteiger partial charge on any atom is 0.287 e. The van der Waals surface area contributed by atoms with E-state index >= 15 is 0 Å². The van der Waals surface area contributed by atoms with Gasteiger partial charge < -0.3 is 15.5 Å². The number of carbonyl (C=O) groups is 1. The molecule has 0 bridgehead atoms. The largest absolute Gasteiger partial charge is 0.455 e. The van der Waals surface area contributed by atoms with E-state index in [-0.39, 0.29) is 11.9 Å². The molecule has 0 aromatic carbocycles. The number of hydrogen-bond acceptors (Lipinski definition) is 3. The van der Waals surface area contributed by atoms with Crippen LogP contribution in [0.3, 0.4) is 0 Å². The lowest BCUT2D eigenvalue weighted by molar-refractivity contribution is 0.0861. The second-order valence-electron chi connectivity index (χ2n) is 5.32. The van der Waals surface area contributed by atoms with Crippen LogP contribution in [0.4, 0.5) is 0 Å². The molecule has 3 unspecified atom stereocenters. The zero-order valence-corrected chi connectivity index (χ0v) is 11.1. The smallest absolute Gasteiger partial charge is 0.287 e. The molecule has 2 rings (SSSR count). The van der Waals surface area contributed by atoms with Crippen LogP contribution in [0.25, 0.3) is 0 Å². The second-order valence-corrected chi connectivity index (χ2v) is 5.32. The molecule has 0 aliphatic heterocycles. The molecule has 1 saturated carbocycles. The minimum atomic E-state index is -0.124. The lowest BCUT2D eigenvalue weighted by atomic mass is 9.78. The standard InChI is InChI=1S/C14H22N2O2/c1-9-4-3-5-12(10(9)2)16-14(17)13-7-6-11(8-15)18-13/h6-7,9-10,12H,3-5,8,15H2,1-2H3,(H,16,17). The summed E-state index contributed by atoms with van der Waals surface area (Å²) >= 11 is 0. The molecule has 1 aliphatic carbocycles. The quantitative estimate of drug-likeness (QED) is 0.864. The highest BCUT2D eigenvalue weighted by atomic mass is 16.4. The zero-order chi connectivity index (χ0) is 13.1. The number of nitrogens with one attached hydrogen (secondary N) is 1. The number of rotatable bonds is 3. The molecule has 1 aromatic heterocycles. The molecular weight excluding hydrogens is 228 g/mol. The van der Waals surface area contributed by atoms with Gasteiger partial charge in [0.15, 0.2) is 5.76 Å². The Balaban J connectivity index is 1.98. The van der Waals surface area contributed by atoms with Crippen molar-refractivity contribution in [1.29, 1.82) is 0 Å². The van der Waals surface area contributed by atoms with E-state index in [0.29, 0.717) is 29.9 Å². The van der Waals surface area contributed by atoms with Crippen molar-refractivity contribution >= 4 is 5.91 Å². The molecule has 4 nitrogen and oxygen atoms in total. The summed E-state index contributed by atoms with van der Waals surface area (Å²) < 4.78 is 5.36. The van der Waals surface area contributed by atoms with Gasteiger partial charge >= 0.3 is 0 Å². The van der Waals surface area contributed by atoms with Crippen LogP contribution in [0, 0.1) is 11.8 Å². The van der Waals surface area contributed by atoms with Gasteiger partial charge in [0, 0.05) is 6.04 Å². The first-order valence-corrected chi connectivity index (χ1v) is 6.71. The Morgan fingerprint density at radius 3 is 2.89 bits per heavy atom. The Bertz CT molecular complexity index is 414. The van der Waals surface area contributed by atoms with Crippen molar-refractivity contribution in [3.8, 4) is 0 Å². The molecule has 0 radical (unpaired) electrons. The summed E-state index contributed by atoms with van der Waals surface area (Å²) in [6, 6.07) is 3.70. The predicted octanol–water partition coefficient (Wildman–Crippen LogP) is 2.29. The van der Waals surface area contributed by atoms with E-state index in [1.165, 1.54) is 12.8 Å². The highest BCUT2D eigenvalue weighted by Gasteiger charge is 2.28. The minimum Gasteiger partial charge on any atom is -0.455 e. The summed E-state index contributed by atoms with van der Waals surface area (Å²) in [7, 11) is 0. The molecule has 0 saturated heterocycles. The minimum absolute atomic E-state index is 0.124. The van der Waals surface area contributed by atoms with Gasteiger partial charge in [0.2, 0.25) is 0 Å². The van der Waals surface area contributed by atoms with Gasteiger partial charge in [-0.05, 0) is 30.4 Å². The van der Waals surface area contributed by atoms with Gasteiger partial charge in [0.05, 0.1) is 6.54 Å². The molecule has 4 heteroatoms. The summed E-state index contributed by atoms with van der Waals surface area (Å²) in [6.45, 7) is 4.79. The van der Waals surface area contributed by atoms with E-state index in [4.69, 9.17) is 10.2 Å². The van der Waals surface area contributed by atoms with Crippen molar-refractivity contribution in [2.45, 2.75) is 45.7 Å². The molecule has 1 heterocycles. The lowest BCUT2D eigenvalue weighted by Gasteiger charge is -2.34. The van der Waals surface area contributed by atoms with E-state index in [1.807, 2.05) is 0 Å². The fourth-order valence-electron chi connectivity index (χ4n) is 2.63. The first kappa shape index (κ1) is 13.1. The Morgan fingerprint density at radius 1 is 1.44 bits per heavy atom. The highest BCUT2D eigenvalue weighted by Crippen LogP contribution is 2.29. The lowest BCUT2D eigenvalue weighted by Crippen LogP contribution is -2.43. The Morgan fingerprint density at radius 2 is 2.22 bits per heavy atom. The SMILES string of the molecule is CC1CCCC(NC(=O)c2ccc(CN)o2)C1C. The van der Waals surface area contributed by atoms with Crippen LogP contribution in [0.5, 0.6) is 0 Å². The zero-order valence-electron chi connectivity index (χ0n) is 11.1. The first-order valence-electron chi connectivity index (χ1n) is 6.71. The van der Waals surface area contributed by atoms with Crippen molar-refractivity contribution in [3.63, 3.8) is 0 Å². The van der Waals surface area contributed by atoms with Crippen LogP contribution in [0.2, 0.25) is 0 Å². The van der Waals surface area contributed by atoms with Crippen LogP contribution >= 0.6 is 0 Å². The van der Waals surface area contributed by atoms with Crippen molar-refractivity contribution in [3.05, 3.63) is 23.7 Å². The molecule has 100 valence electrons. The molecule has 1 aliphatic rings. The third kappa shape index (κ3) is 2.75. The molecule has 3 atom stereocenters. The topological polar surface area (TPSA) is 68.3 Å². The molecule has 3 N–H and O–H groups in total. The van der Waals surface area contributed by atoms with Gasteiger partial charge in [-0.25, -0.2) is 0 Å². The summed E-state index contributed by atoms with van der Waals surface area (Å²) in [4.78, 5) is 12.0. The Hall–Kier alpha value is -1.29. The number of amides is 1. The molecule has 18 heavy (non-hydrogen) atoms. The van der Waals surface area contributed by atoms with Crippen LogP contribution in [0.1, 0.15) is 49.4 Å². The van der Waals surface area contributed by atoms with E-state index in [2.05, 4.69) is 19.2 Å². The van der Waals surface area contributed by atoms with Crippen LogP contribution in [-0.2, 0) is 6.54 Å². The number of carbonyl (C=O) groups excluding carboxylic acids is 1. The fraction of sp³-hybridized carbons (Fsp3) is 0.643. The van der Waals surface area contributed by atoms with E-state index in [1.54, 1.807) is 12.1 Å². The van der Waals surface area contributed by atoms with E-state index < -0.39 is 0 Å². The maximum absolute atomic E-state index is 12.0. The summed E-state index contributed by atoms with van der Waals surface area (Å²) in [5.41, 5.74) is 5.46. The van der Waals surface area contributed by atoms with Crippen LogP contribution in [0.15, 0.2) is 16.5 Å². The average Bonchev–Trinajstić information content (AvgIpc) is 2.83. The Labute approximate surface area is 108 Å². The summed E-state index contributed by atoms with van der Waals surface area (Å²) in [6.07, 6.45) is 3.50. The highest BCUT2D eigenvalue weighted by molar-refractivity contribution is 5.91. The van der Waals surface area contributed by atoms with Gasteiger partial charge in [0.1, 0.15) is 5.76 Å². The van der Waals surface area contributed by atoms with Gasteiger partial charge in [0.25, 0.3) is 5.91 Å². The average molecular weight is 250 g/mol. The van der Waals surface area contributed by atoms with E-state index in [0.717, 1.165) is 6.42 Å². The molecule has 1 amide bonds. The van der Waals surface area contributed by atoms with Gasteiger partial charge in [-0.15, -0.1) is 0 Å².